The Morgan fingerprint density at radius 1 is 1.27 bits per heavy atom. The van der Waals surface area contributed by atoms with Crippen LogP contribution in [0.3, 0.4) is 0 Å². The lowest BCUT2D eigenvalue weighted by atomic mass is 10.0. The molecular weight excluding hydrogens is 196 g/mol. The molecule has 0 saturated heterocycles. The fourth-order valence-corrected chi connectivity index (χ4v) is 1.53. The minimum atomic E-state index is -1.33. The summed E-state index contributed by atoms with van der Waals surface area (Å²) in [6.45, 7) is 0. The topological polar surface area (TPSA) is 80.6 Å². The van der Waals surface area contributed by atoms with Crippen molar-refractivity contribution in [2.75, 3.05) is 0 Å². The maximum atomic E-state index is 11.4. The van der Waals surface area contributed by atoms with Crippen LogP contribution in [-0.2, 0) is 0 Å². The molecule has 0 fully saturated rings. The molecule has 2 rings (SSSR count). The second-order valence-corrected chi connectivity index (χ2v) is 3.13. The third-order valence-electron chi connectivity index (χ3n) is 2.20. The Kier molecular flexibility index (Phi) is 1.97. The Hall–Kier alpha value is -2.23. The number of phenols is 1. The zero-order valence-electron chi connectivity index (χ0n) is 7.60. The molecule has 0 unspecified atom stereocenters. The van der Waals surface area contributed by atoms with Crippen molar-refractivity contribution >= 4 is 16.7 Å². The van der Waals surface area contributed by atoms with E-state index in [9.17, 15) is 15.0 Å². The van der Waals surface area contributed by atoms with E-state index in [1.807, 2.05) is 0 Å². The summed E-state index contributed by atoms with van der Waals surface area (Å²) in [5, 5.41) is 30.4. The third kappa shape index (κ3) is 1.36. The Balaban J connectivity index is 2.95. The normalized spacial score (nSPS) is 10.4. The zero-order chi connectivity index (χ0) is 11.0. The summed E-state index contributed by atoms with van der Waals surface area (Å²) in [4.78, 5) is 10.9. The number of benzene rings is 2. The summed E-state index contributed by atoms with van der Waals surface area (Å²) in [7, 11) is 0. The van der Waals surface area contributed by atoms with E-state index < -0.39 is 17.5 Å². The number of carboxylic acid groups (broad SMARTS) is 1. The summed E-state index contributed by atoms with van der Waals surface area (Å²) in [6, 6.07) is 7.80. The Morgan fingerprint density at radius 2 is 1.93 bits per heavy atom. The fraction of sp³-hybridized carbons (Fsp3) is 0. The number of carbonyl (C=O) groups is 1. The monoisotopic (exact) mass is 203 g/mol. The van der Waals surface area contributed by atoms with Crippen molar-refractivity contribution in [3.05, 3.63) is 35.9 Å². The van der Waals surface area contributed by atoms with Crippen LogP contribution in [0, 0.1) is 0 Å². The van der Waals surface area contributed by atoms with E-state index in [2.05, 4.69) is 0 Å². The number of rotatable bonds is 1. The lowest BCUT2D eigenvalue weighted by Crippen LogP contribution is -2.05. The number of carboxylic acids is 1. The van der Waals surface area contributed by atoms with Gasteiger partial charge in [0.25, 0.3) is 0 Å². The SMILES string of the molecule is O=C(O)c1c([O-])c(O)cc2ccccc12. The number of aromatic hydroxyl groups is 1. The lowest BCUT2D eigenvalue weighted by molar-refractivity contribution is -0.270. The highest BCUT2D eigenvalue weighted by atomic mass is 16.4. The van der Waals surface area contributed by atoms with Crippen LogP contribution in [0.5, 0.6) is 11.5 Å². The fourth-order valence-electron chi connectivity index (χ4n) is 1.53. The number of hydrogen-bond acceptors (Lipinski definition) is 3. The first-order valence-corrected chi connectivity index (χ1v) is 4.26. The molecule has 0 aliphatic heterocycles. The van der Waals surface area contributed by atoms with Crippen LogP contribution in [0.15, 0.2) is 30.3 Å². The van der Waals surface area contributed by atoms with Gasteiger partial charge in [0.2, 0.25) is 0 Å². The molecule has 0 atom stereocenters. The van der Waals surface area contributed by atoms with Gasteiger partial charge in [0.05, 0.1) is 5.56 Å². The molecule has 76 valence electrons. The van der Waals surface area contributed by atoms with E-state index in [1.54, 1.807) is 24.3 Å². The van der Waals surface area contributed by atoms with Crippen molar-refractivity contribution in [3.8, 4) is 11.5 Å². The van der Waals surface area contributed by atoms with Crippen LogP contribution < -0.4 is 5.11 Å². The van der Waals surface area contributed by atoms with Gasteiger partial charge >= 0.3 is 5.97 Å². The van der Waals surface area contributed by atoms with Gasteiger partial charge in [-0.1, -0.05) is 30.0 Å². The minimum Gasteiger partial charge on any atom is -0.869 e. The average Bonchev–Trinajstić information content (AvgIpc) is 2.19. The number of fused-ring (bicyclic) bond motifs is 1. The van der Waals surface area contributed by atoms with Crippen LogP contribution in [0.1, 0.15) is 10.4 Å². The smallest absolute Gasteiger partial charge is 0.335 e. The van der Waals surface area contributed by atoms with Gasteiger partial charge in [0, 0.05) is 0 Å². The number of aromatic carboxylic acids is 1. The van der Waals surface area contributed by atoms with Gasteiger partial charge in [-0.15, -0.1) is 0 Å². The molecule has 0 heterocycles. The Morgan fingerprint density at radius 3 is 2.60 bits per heavy atom. The first kappa shape index (κ1) is 9.33. The molecule has 15 heavy (non-hydrogen) atoms. The summed E-state index contributed by atoms with van der Waals surface area (Å²) in [6.07, 6.45) is 0. The van der Waals surface area contributed by atoms with Crippen molar-refractivity contribution in [1.82, 2.24) is 0 Å². The Labute approximate surface area is 85.0 Å². The summed E-state index contributed by atoms with van der Waals surface area (Å²) in [5.41, 5.74) is -0.384. The van der Waals surface area contributed by atoms with Crippen molar-refractivity contribution in [1.29, 1.82) is 0 Å². The van der Waals surface area contributed by atoms with Gasteiger partial charge in [0.1, 0.15) is 5.75 Å². The minimum absolute atomic E-state index is 0.341. The van der Waals surface area contributed by atoms with Crippen molar-refractivity contribution < 1.29 is 20.1 Å². The molecule has 0 saturated carbocycles. The molecule has 2 aromatic rings. The molecule has 0 spiro atoms. The van der Waals surface area contributed by atoms with Crippen molar-refractivity contribution in [2.45, 2.75) is 0 Å². The molecule has 0 aliphatic carbocycles. The van der Waals surface area contributed by atoms with Gasteiger partial charge in [-0.25, -0.2) is 4.79 Å². The Bertz CT molecular complexity index is 546. The predicted molar refractivity (Wildman–Crippen MR) is 52.0 cm³/mol. The first-order chi connectivity index (χ1) is 7.11. The van der Waals surface area contributed by atoms with Gasteiger partial charge in [-0.2, -0.15) is 0 Å². The molecule has 2 N–H and O–H groups in total. The van der Waals surface area contributed by atoms with Gasteiger partial charge in [0.15, 0.2) is 0 Å². The van der Waals surface area contributed by atoms with E-state index in [0.29, 0.717) is 10.8 Å². The van der Waals surface area contributed by atoms with E-state index in [1.165, 1.54) is 6.07 Å². The van der Waals surface area contributed by atoms with E-state index >= 15 is 0 Å². The molecule has 0 aliphatic rings. The highest BCUT2D eigenvalue weighted by Gasteiger charge is 2.11. The third-order valence-corrected chi connectivity index (χ3v) is 2.20. The zero-order valence-corrected chi connectivity index (χ0v) is 7.60. The maximum absolute atomic E-state index is 11.4. The van der Waals surface area contributed by atoms with Gasteiger partial charge < -0.3 is 15.3 Å². The molecule has 0 bridgehead atoms. The van der Waals surface area contributed by atoms with Gasteiger partial charge in [-0.3, -0.25) is 0 Å². The summed E-state index contributed by atoms with van der Waals surface area (Å²) in [5.74, 6) is -2.71. The lowest BCUT2D eigenvalue weighted by Gasteiger charge is -2.14. The first-order valence-electron chi connectivity index (χ1n) is 4.26. The predicted octanol–water partition coefficient (Wildman–Crippen LogP) is 1.32. The standard InChI is InChI=1S/C11H8O4/c12-8-5-6-3-1-2-4-7(6)9(10(8)13)11(14)15/h1-5,12-13H,(H,14,15)/p-1. The second kappa shape index (κ2) is 3.16. The number of phenolic OH excluding ortho intramolecular Hbond substituents is 1. The van der Waals surface area contributed by atoms with Crippen LogP contribution in [-0.4, -0.2) is 16.2 Å². The van der Waals surface area contributed by atoms with Crippen LogP contribution in [0.2, 0.25) is 0 Å². The quantitative estimate of drug-likeness (QED) is 0.732. The summed E-state index contributed by atoms with van der Waals surface area (Å²) < 4.78 is 0. The van der Waals surface area contributed by atoms with E-state index in [0.717, 1.165) is 0 Å². The largest absolute Gasteiger partial charge is 0.869 e. The molecule has 2 aromatic carbocycles. The highest BCUT2D eigenvalue weighted by molar-refractivity contribution is 6.07. The molecule has 0 aromatic heterocycles. The summed E-state index contributed by atoms with van der Waals surface area (Å²) >= 11 is 0. The van der Waals surface area contributed by atoms with Crippen LogP contribution >= 0.6 is 0 Å². The van der Waals surface area contributed by atoms with Crippen molar-refractivity contribution in [2.24, 2.45) is 0 Å². The van der Waals surface area contributed by atoms with Gasteiger partial charge in [-0.05, 0) is 16.8 Å². The molecule has 0 amide bonds. The van der Waals surface area contributed by atoms with E-state index in [4.69, 9.17) is 5.11 Å². The molecule has 4 heteroatoms. The number of hydrogen-bond donors (Lipinski definition) is 2. The van der Waals surface area contributed by atoms with E-state index in [-0.39, 0.29) is 5.56 Å². The van der Waals surface area contributed by atoms with Crippen LogP contribution in [0.25, 0.3) is 10.8 Å². The van der Waals surface area contributed by atoms with Crippen LogP contribution in [0.4, 0.5) is 0 Å². The molecular formula is C11H7O4-. The molecule has 0 radical (unpaired) electrons. The average molecular weight is 203 g/mol. The highest BCUT2D eigenvalue weighted by Crippen LogP contribution is 2.33. The van der Waals surface area contributed by atoms with Crippen molar-refractivity contribution in [3.63, 3.8) is 0 Å². The maximum Gasteiger partial charge on any atom is 0.335 e. The second-order valence-electron chi connectivity index (χ2n) is 3.13. The molecule has 4 nitrogen and oxygen atoms in total.